The number of anilines is 3. The maximum atomic E-state index is 12.3. The van der Waals surface area contributed by atoms with E-state index in [9.17, 15) is 14.9 Å². The van der Waals surface area contributed by atoms with Gasteiger partial charge in [-0.15, -0.1) is 0 Å². The Balaban J connectivity index is 1.74. The molecule has 2 heterocycles. The van der Waals surface area contributed by atoms with Crippen LogP contribution in [0, 0.1) is 10.1 Å². The zero-order valence-electron chi connectivity index (χ0n) is 12.9. The third kappa shape index (κ3) is 4.14. The van der Waals surface area contributed by atoms with Crippen LogP contribution >= 0.6 is 0 Å². The summed E-state index contributed by atoms with van der Waals surface area (Å²) in [4.78, 5) is 30.7. The third-order valence-electron chi connectivity index (χ3n) is 3.26. The number of nitro groups is 1. The molecule has 8 nitrogen and oxygen atoms in total. The topological polar surface area (TPSA) is 110 Å². The summed E-state index contributed by atoms with van der Waals surface area (Å²) in [5, 5.41) is 16.5. The highest BCUT2D eigenvalue weighted by molar-refractivity contribution is 6.04. The number of nitrogens with zero attached hydrogens (tertiary/aromatic N) is 3. The van der Waals surface area contributed by atoms with Gasteiger partial charge in [0, 0.05) is 35.8 Å². The van der Waals surface area contributed by atoms with Crippen molar-refractivity contribution in [3.05, 3.63) is 82.7 Å². The fourth-order valence-electron chi connectivity index (χ4n) is 2.11. The predicted molar refractivity (Wildman–Crippen MR) is 92.8 cm³/mol. The zero-order valence-corrected chi connectivity index (χ0v) is 12.9. The molecule has 0 unspecified atom stereocenters. The number of nitro benzene ring substituents is 1. The zero-order chi connectivity index (χ0) is 17.6. The molecular formula is C17H13N5O3. The summed E-state index contributed by atoms with van der Waals surface area (Å²) < 4.78 is 0. The first-order valence-corrected chi connectivity index (χ1v) is 7.32. The number of hydrogen-bond acceptors (Lipinski definition) is 6. The molecule has 0 spiro atoms. The number of carbonyl (C=O) groups is 1. The molecule has 0 atom stereocenters. The molecule has 124 valence electrons. The van der Waals surface area contributed by atoms with E-state index in [2.05, 4.69) is 20.6 Å². The lowest BCUT2D eigenvalue weighted by Crippen LogP contribution is -2.13. The van der Waals surface area contributed by atoms with Crippen LogP contribution in [-0.4, -0.2) is 20.8 Å². The van der Waals surface area contributed by atoms with E-state index in [1.807, 2.05) is 0 Å². The Morgan fingerprint density at radius 2 is 1.72 bits per heavy atom. The molecule has 3 rings (SSSR count). The minimum atomic E-state index is -0.547. The van der Waals surface area contributed by atoms with Crippen LogP contribution in [0.1, 0.15) is 10.4 Å². The van der Waals surface area contributed by atoms with Crippen LogP contribution in [0.3, 0.4) is 0 Å². The van der Waals surface area contributed by atoms with Crippen LogP contribution in [-0.2, 0) is 0 Å². The van der Waals surface area contributed by atoms with E-state index in [0.29, 0.717) is 11.6 Å². The molecule has 3 aromatic rings. The normalized spacial score (nSPS) is 10.1. The Labute approximate surface area is 142 Å². The summed E-state index contributed by atoms with van der Waals surface area (Å²) in [6.07, 6.45) is 3.30. The van der Waals surface area contributed by atoms with Crippen molar-refractivity contribution < 1.29 is 9.72 Å². The molecule has 1 amide bonds. The molecule has 25 heavy (non-hydrogen) atoms. The largest absolute Gasteiger partial charge is 0.340 e. The number of amides is 1. The van der Waals surface area contributed by atoms with Crippen LogP contribution in [0.4, 0.5) is 23.0 Å². The van der Waals surface area contributed by atoms with E-state index in [0.717, 1.165) is 5.69 Å². The standard InChI is InChI=1S/C17H13N5O3/c23-17(12-3-1-4-14(11-12)22(24)25)21-16-6-2-5-15(20-16)19-13-7-9-18-10-8-13/h1-11H,(H2,18,19,20,21,23). The van der Waals surface area contributed by atoms with Crippen LogP contribution in [0.25, 0.3) is 0 Å². The number of hydrogen-bond donors (Lipinski definition) is 2. The molecule has 0 saturated carbocycles. The number of nitrogens with one attached hydrogen (secondary N) is 2. The number of benzene rings is 1. The summed E-state index contributed by atoms with van der Waals surface area (Å²) in [6.45, 7) is 0. The van der Waals surface area contributed by atoms with Crippen molar-refractivity contribution in [1.29, 1.82) is 0 Å². The molecule has 0 radical (unpaired) electrons. The van der Waals surface area contributed by atoms with E-state index in [4.69, 9.17) is 0 Å². The second-order valence-electron chi connectivity index (χ2n) is 5.03. The molecule has 0 bridgehead atoms. The molecule has 0 aliphatic heterocycles. The summed E-state index contributed by atoms with van der Waals surface area (Å²) >= 11 is 0. The predicted octanol–water partition coefficient (Wildman–Crippen LogP) is 3.38. The van der Waals surface area contributed by atoms with Gasteiger partial charge in [-0.05, 0) is 30.3 Å². The molecule has 0 aliphatic carbocycles. The molecule has 2 aromatic heterocycles. The van der Waals surface area contributed by atoms with Crippen molar-refractivity contribution in [3.8, 4) is 0 Å². The Morgan fingerprint density at radius 1 is 1.00 bits per heavy atom. The van der Waals surface area contributed by atoms with Crippen LogP contribution in [0.5, 0.6) is 0 Å². The lowest BCUT2D eigenvalue weighted by molar-refractivity contribution is -0.384. The average Bonchev–Trinajstić information content (AvgIpc) is 2.63. The van der Waals surface area contributed by atoms with E-state index in [-0.39, 0.29) is 11.3 Å². The van der Waals surface area contributed by atoms with Crippen molar-refractivity contribution >= 4 is 28.9 Å². The van der Waals surface area contributed by atoms with E-state index in [1.54, 1.807) is 42.7 Å². The summed E-state index contributed by atoms with van der Waals surface area (Å²) in [5.74, 6) is 0.399. The molecule has 0 saturated heterocycles. The first-order chi connectivity index (χ1) is 12.1. The third-order valence-corrected chi connectivity index (χ3v) is 3.26. The molecule has 0 aliphatic rings. The second-order valence-corrected chi connectivity index (χ2v) is 5.03. The molecule has 0 fully saturated rings. The van der Waals surface area contributed by atoms with Crippen LogP contribution in [0.15, 0.2) is 67.0 Å². The Hall–Kier alpha value is -3.81. The number of rotatable bonds is 5. The highest BCUT2D eigenvalue weighted by Crippen LogP contribution is 2.17. The number of pyridine rings is 2. The maximum Gasteiger partial charge on any atom is 0.270 e. The van der Waals surface area contributed by atoms with Gasteiger partial charge in [-0.1, -0.05) is 12.1 Å². The molecule has 8 heteroatoms. The van der Waals surface area contributed by atoms with Gasteiger partial charge in [0.05, 0.1) is 4.92 Å². The van der Waals surface area contributed by atoms with Gasteiger partial charge in [0.2, 0.25) is 0 Å². The molecular weight excluding hydrogens is 322 g/mol. The Kier molecular flexibility index (Phi) is 4.61. The van der Waals surface area contributed by atoms with Gasteiger partial charge in [0.25, 0.3) is 11.6 Å². The summed E-state index contributed by atoms with van der Waals surface area (Å²) in [6, 6.07) is 14.2. The summed E-state index contributed by atoms with van der Waals surface area (Å²) in [7, 11) is 0. The summed E-state index contributed by atoms with van der Waals surface area (Å²) in [5.41, 5.74) is 0.849. The number of aromatic nitrogens is 2. The van der Waals surface area contributed by atoms with Crippen molar-refractivity contribution in [2.24, 2.45) is 0 Å². The lowest BCUT2D eigenvalue weighted by atomic mass is 10.2. The lowest BCUT2D eigenvalue weighted by Gasteiger charge is -2.08. The Morgan fingerprint density at radius 3 is 2.48 bits per heavy atom. The van der Waals surface area contributed by atoms with Crippen molar-refractivity contribution in [1.82, 2.24) is 9.97 Å². The maximum absolute atomic E-state index is 12.3. The quantitative estimate of drug-likeness (QED) is 0.546. The van der Waals surface area contributed by atoms with Gasteiger partial charge in [-0.3, -0.25) is 19.9 Å². The van der Waals surface area contributed by atoms with Crippen LogP contribution in [0.2, 0.25) is 0 Å². The first-order valence-electron chi connectivity index (χ1n) is 7.32. The monoisotopic (exact) mass is 335 g/mol. The highest BCUT2D eigenvalue weighted by Gasteiger charge is 2.12. The van der Waals surface area contributed by atoms with Gasteiger partial charge in [0.15, 0.2) is 0 Å². The van der Waals surface area contributed by atoms with Gasteiger partial charge in [-0.2, -0.15) is 0 Å². The number of non-ortho nitro benzene ring substituents is 1. The van der Waals surface area contributed by atoms with Gasteiger partial charge in [-0.25, -0.2) is 4.98 Å². The van der Waals surface area contributed by atoms with Gasteiger partial charge < -0.3 is 10.6 Å². The van der Waals surface area contributed by atoms with Crippen molar-refractivity contribution in [2.45, 2.75) is 0 Å². The minimum Gasteiger partial charge on any atom is -0.340 e. The number of carbonyl (C=O) groups excluding carboxylic acids is 1. The Bertz CT molecular complexity index is 915. The van der Waals surface area contributed by atoms with E-state index < -0.39 is 10.8 Å². The average molecular weight is 335 g/mol. The fraction of sp³-hybridized carbons (Fsp3) is 0. The minimum absolute atomic E-state index is 0.145. The van der Waals surface area contributed by atoms with Crippen LogP contribution < -0.4 is 10.6 Å². The molecule has 2 N–H and O–H groups in total. The fourth-order valence-corrected chi connectivity index (χ4v) is 2.11. The van der Waals surface area contributed by atoms with E-state index in [1.165, 1.54) is 24.3 Å². The van der Waals surface area contributed by atoms with Crippen molar-refractivity contribution in [2.75, 3.05) is 10.6 Å². The molecule has 1 aromatic carbocycles. The van der Waals surface area contributed by atoms with Gasteiger partial charge in [0.1, 0.15) is 11.6 Å². The highest BCUT2D eigenvalue weighted by atomic mass is 16.6. The van der Waals surface area contributed by atoms with Crippen molar-refractivity contribution in [3.63, 3.8) is 0 Å². The SMILES string of the molecule is O=C(Nc1cccc(Nc2ccncc2)n1)c1cccc([N+](=O)[O-])c1. The van der Waals surface area contributed by atoms with E-state index >= 15 is 0 Å². The van der Waals surface area contributed by atoms with Gasteiger partial charge >= 0.3 is 0 Å². The first kappa shape index (κ1) is 16.1. The second kappa shape index (κ2) is 7.18. The smallest absolute Gasteiger partial charge is 0.270 e.